The van der Waals surface area contributed by atoms with Crippen LogP contribution in [0.1, 0.15) is 44.8 Å². The zero-order valence-corrected chi connectivity index (χ0v) is 34.9. The van der Waals surface area contributed by atoms with Gasteiger partial charge < -0.3 is 10.2 Å². The van der Waals surface area contributed by atoms with Crippen LogP contribution in [0, 0.1) is 0 Å². The van der Waals surface area contributed by atoms with Crippen molar-refractivity contribution in [3.05, 3.63) is 287 Å². The fourth-order valence-electron chi connectivity index (χ4n) is 8.29. The Bertz CT molecular complexity index is 2750. The average Bonchev–Trinajstić information content (AvgIpc) is 3.37. The van der Waals surface area contributed by atoms with Crippen LogP contribution < -0.4 is 0 Å². The van der Waals surface area contributed by atoms with E-state index in [-0.39, 0.29) is 11.5 Å². The summed E-state index contributed by atoms with van der Waals surface area (Å²) in [4.78, 5) is 19.7. The van der Waals surface area contributed by atoms with Gasteiger partial charge in [0, 0.05) is 23.2 Å². The van der Waals surface area contributed by atoms with Crippen molar-refractivity contribution in [3.8, 4) is 11.5 Å². The van der Waals surface area contributed by atoms with E-state index in [0.717, 1.165) is 44.2 Å². The minimum atomic E-state index is -0.737. The number of rotatable bonds is 10. The second-order valence-electron chi connectivity index (χ2n) is 15.3. The normalized spacial score (nSPS) is 11.8. The molecule has 8 aromatic carbocycles. The third-order valence-corrected chi connectivity index (χ3v) is 11.4. The zero-order valence-electron chi connectivity index (χ0n) is 34.9. The third-order valence-electron chi connectivity index (χ3n) is 11.4. The van der Waals surface area contributed by atoms with Crippen molar-refractivity contribution in [2.45, 2.75) is 11.1 Å². The molecule has 0 spiro atoms. The first-order valence-corrected chi connectivity index (χ1v) is 21.2. The molecule has 2 N–H and O–H groups in total. The van der Waals surface area contributed by atoms with Gasteiger partial charge in [-0.15, -0.1) is 0 Å². The predicted molar refractivity (Wildman–Crippen MR) is 260 cm³/mol. The summed E-state index contributed by atoms with van der Waals surface area (Å²) in [6.45, 7) is 0. The van der Waals surface area contributed by atoms with Crippen LogP contribution in [-0.2, 0) is 11.1 Å². The van der Waals surface area contributed by atoms with Gasteiger partial charge in [0.15, 0.2) is 0 Å². The SMILES string of the molecule is Oc1cccc2ccc(C=NC(c3ccccc3)(c3ccccc3)c3ccccc3)nc12.Oc1cccc2ccc(C=NC(c3ccccc3)(c3ccccc3)c3ccccc3)nc12. The molecule has 0 radical (unpaired) electrons. The standard InChI is InChI=1S/2C29H22N2O/c2*32-27-18-10-11-22-19-20-26(31-28(22)27)21-30-29(23-12-4-1-5-13-23,24-14-6-2-7-15-24)25-16-8-3-9-17-25/h2*1-21,32H. The number of phenols is 2. The highest BCUT2D eigenvalue weighted by molar-refractivity contribution is 5.90. The highest BCUT2D eigenvalue weighted by Crippen LogP contribution is 2.42. The molecule has 0 atom stereocenters. The summed E-state index contributed by atoms with van der Waals surface area (Å²) in [7, 11) is 0. The van der Waals surface area contributed by atoms with E-state index < -0.39 is 11.1 Å². The van der Waals surface area contributed by atoms with E-state index in [0.29, 0.717) is 22.4 Å². The van der Waals surface area contributed by atoms with Gasteiger partial charge in [-0.25, -0.2) is 9.97 Å². The van der Waals surface area contributed by atoms with Crippen LogP contribution >= 0.6 is 0 Å². The van der Waals surface area contributed by atoms with E-state index in [2.05, 4.69) is 82.8 Å². The molecule has 0 bridgehead atoms. The molecule has 0 amide bonds. The van der Waals surface area contributed by atoms with E-state index in [4.69, 9.17) is 9.98 Å². The maximum absolute atomic E-state index is 10.3. The van der Waals surface area contributed by atoms with Gasteiger partial charge in [-0.3, -0.25) is 9.98 Å². The lowest BCUT2D eigenvalue weighted by Crippen LogP contribution is -2.27. The third kappa shape index (κ3) is 8.28. The first-order chi connectivity index (χ1) is 31.5. The van der Waals surface area contributed by atoms with E-state index in [1.807, 2.05) is 158 Å². The Morgan fingerprint density at radius 3 is 0.828 bits per heavy atom. The predicted octanol–water partition coefficient (Wildman–Crippen LogP) is 12.7. The molecular formula is C58H44N4O2. The maximum Gasteiger partial charge on any atom is 0.141 e. The first-order valence-electron chi connectivity index (χ1n) is 21.2. The molecule has 2 aromatic heterocycles. The number of benzene rings is 8. The van der Waals surface area contributed by atoms with Crippen LogP contribution in [0.2, 0.25) is 0 Å². The van der Waals surface area contributed by atoms with Gasteiger partial charge in [0.1, 0.15) is 33.6 Å². The second-order valence-corrected chi connectivity index (χ2v) is 15.3. The topological polar surface area (TPSA) is 91.0 Å². The van der Waals surface area contributed by atoms with Gasteiger partial charge in [0.05, 0.1) is 11.4 Å². The molecular weight excluding hydrogens is 785 g/mol. The van der Waals surface area contributed by atoms with Crippen molar-refractivity contribution in [1.29, 1.82) is 0 Å². The Hall–Kier alpha value is -8.48. The van der Waals surface area contributed by atoms with Gasteiger partial charge in [-0.05, 0) is 57.6 Å². The molecule has 0 fully saturated rings. The number of phenolic OH excluding ortho intramolecular Hbond substituents is 2. The van der Waals surface area contributed by atoms with Crippen molar-refractivity contribution in [2.75, 3.05) is 0 Å². The molecule has 0 unspecified atom stereocenters. The van der Waals surface area contributed by atoms with Gasteiger partial charge in [-0.1, -0.05) is 218 Å². The Kier molecular flexibility index (Phi) is 11.9. The maximum atomic E-state index is 10.3. The Morgan fingerprint density at radius 2 is 0.562 bits per heavy atom. The van der Waals surface area contributed by atoms with E-state index in [1.165, 1.54) is 0 Å². The molecule has 10 aromatic rings. The number of nitrogens with zero attached hydrogens (tertiary/aromatic N) is 4. The molecule has 2 heterocycles. The number of aliphatic imine (C=N–C) groups is 2. The summed E-state index contributed by atoms with van der Waals surface area (Å²) >= 11 is 0. The molecule has 6 heteroatoms. The summed E-state index contributed by atoms with van der Waals surface area (Å²) in [5.74, 6) is 0.330. The van der Waals surface area contributed by atoms with Gasteiger partial charge >= 0.3 is 0 Å². The number of aromatic nitrogens is 2. The van der Waals surface area contributed by atoms with Crippen LogP contribution in [0.3, 0.4) is 0 Å². The number of hydrogen-bond acceptors (Lipinski definition) is 6. The lowest BCUT2D eigenvalue weighted by Gasteiger charge is -2.32. The fourth-order valence-corrected chi connectivity index (χ4v) is 8.29. The van der Waals surface area contributed by atoms with Crippen LogP contribution in [0.5, 0.6) is 11.5 Å². The quantitative estimate of drug-likeness (QED) is 0.106. The van der Waals surface area contributed by atoms with Crippen molar-refractivity contribution in [2.24, 2.45) is 9.98 Å². The smallest absolute Gasteiger partial charge is 0.141 e. The minimum Gasteiger partial charge on any atom is -0.506 e. The molecule has 308 valence electrons. The Labute approximate surface area is 372 Å². The summed E-state index contributed by atoms with van der Waals surface area (Å²) in [6.07, 6.45) is 3.61. The van der Waals surface area contributed by atoms with E-state index >= 15 is 0 Å². The molecule has 10 rings (SSSR count). The van der Waals surface area contributed by atoms with E-state index in [9.17, 15) is 10.2 Å². The molecule has 0 saturated carbocycles. The summed E-state index contributed by atoms with van der Waals surface area (Å²) in [5.41, 5.74) is 7.44. The average molecular weight is 829 g/mol. The first kappa shape index (κ1) is 40.9. The summed E-state index contributed by atoms with van der Waals surface area (Å²) in [6, 6.07) is 80.4. The van der Waals surface area contributed by atoms with Crippen LogP contribution in [0.25, 0.3) is 21.8 Å². The lowest BCUT2D eigenvalue weighted by atomic mass is 9.77. The van der Waals surface area contributed by atoms with Crippen molar-refractivity contribution in [3.63, 3.8) is 0 Å². The Balaban J connectivity index is 0.000000162. The zero-order chi connectivity index (χ0) is 43.6. The molecule has 0 aliphatic rings. The van der Waals surface area contributed by atoms with Crippen LogP contribution in [0.15, 0.2) is 253 Å². The van der Waals surface area contributed by atoms with Gasteiger partial charge in [-0.2, -0.15) is 0 Å². The number of pyridine rings is 2. The number of hydrogen-bond donors (Lipinski definition) is 2. The largest absolute Gasteiger partial charge is 0.506 e. The van der Waals surface area contributed by atoms with Crippen molar-refractivity contribution >= 4 is 34.2 Å². The molecule has 64 heavy (non-hydrogen) atoms. The van der Waals surface area contributed by atoms with Crippen molar-refractivity contribution in [1.82, 2.24) is 9.97 Å². The minimum absolute atomic E-state index is 0.165. The van der Waals surface area contributed by atoms with E-state index in [1.54, 1.807) is 24.6 Å². The van der Waals surface area contributed by atoms with Gasteiger partial charge in [0.2, 0.25) is 0 Å². The highest BCUT2D eigenvalue weighted by Gasteiger charge is 2.36. The second kappa shape index (κ2) is 18.6. The van der Waals surface area contributed by atoms with Crippen LogP contribution in [0.4, 0.5) is 0 Å². The van der Waals surface area contributed by atoms with Crippen LogP contribution in [-0.4, -0.2) is 32.6 Å². The molecule has 0 aliphatic carbocycles. The number of aromatic hydroxyl groups is 2. The summed E-state index contributed by atoms with van der Waals surface area (Å²) < 4.78 is 0. The monoisotopic (exact) mass is 828 g/mol. The van der Waals surface area contributed by atoms with Crippen molar-refractivity contribution < 1.29 is 10.2 Å². The molecule has 0 saturated heterocycles. The highest BCUT2D eigenvalue weighted by atomic mass is 16.3. The Morgan fingerprint density at radius 1 is 0.297 bits per heavy atom. The summed E-state index contributed by atoms with van der Waals surface area (Å²) in [5, 5.41) is 22.3. The fraction of sp³-hybridized carbons (Fsp3) is 0.0345. The lowest BCUT2D eigenvalue weighted by molar-refractivity contribution is 0.480. The molecule has 0 aliphatic heterocycles. The number of para-hydroxylation sites is 2. The molecule has 6 nitrogen and oxygen atoms in total. The number of fused-ring (bicyclic) bond motifs is 2. The van der Waals surface area contributed by atoms with Gasteiger partial charge in [0.25, 0.3) is 0 Å².